The Morgan fingerprint density at radius 2 is 2.22 bits per heavy atom. The highest BCUT2D eigenvalue weighted by Gasteiger charge is 2.15. The molecule has 4 nitrogen and oxygen atoms in total. The molecule has 0 atom stereocenters. The Morgan fingerprint density at radius 3 is 2.89 bits per heavy atom. The number of aromatic nitrogens is 1. The Labute approximate surface area is 109 Å². The highest BCUT2D eigenvalue weighted by atomic mass is 32.1. The summed E-state index contributed by atoms with van der Waals surface area (Å²) in [7, 11) is 0. The molecule has 0 saturated carbocycles. The Balaban J connectivity index is 2.38. The van der Waals surface area contributed by atoms with E-state index in [1.54, 1.807) is 0 Å². The van der Waals surface area contributed by atoms with Crippen LogP contribution >= 0.6 is 11.3 Å². The van der Waals surface area contributed by atoms with Gasteiger partial charge in [0.05, 0.1) is 16.5 Å². The number of carbonyl (C=O) groups is 1. The second kappa shape index (κ2) is 5.18. The molecule has 0 saturated heterocycles. The topological polar surface area (TPSA) is 59.4 Å². The summed E-state index contributed by atoms with van der Waals surface area (Å²) in [5.74, 6) is -0.284. The zero-order valence-electron chi connectivity index (χ0n) is 10.1. The summed E-state index contributed by atoms with van der Waals surface area (Å²) in [6, 6.07) is 7.39. The lowest BCUT2D eigenvalue weighted by Gasteiger charge is -2.10. The van der Waals surface area contributed by atoms with Gasteiger partial charge in [-0.3, -0.25) is 0 Å². The largest absolute Gasteiger partial charge is 0.491 e. The Hall–Kier alpha value is -1.88. The molecule has 5 heteroatoms. The number of benzene rings is 1. The van der Waals surface area contributed by atoms with Crippen molar-refractivity contribution in [2.45, 2.75) is 20.0 Å². The van der Waals surface area contributed by atoms with Crippen molar-refractivity contribution in [2.75, 3.05) is 0 Å². The van der Waals surface area contributed by atoms with Crippen LogP contribution in [0.25, 0.3) is 10.4 Å². The molecule has 0 aliphatic rings. The molecular formula is C13H13NO3S. The zero-order chi connectivity index (χ0) is 13.1. The number of carboxylic acid groups (broad SMARTS) is 1. The fourth-order valence-corrected chi connectivity index (χ4v) is 2.36. The molecule has 0 spiro atoms. The van der Waals surface area contributed by atoms with Gasteiger partial charge in [0, 0.05) is 0 Å². The van der Waals surface area contributed by atoms with Crippen LogP contribution in [0.2, 0.25) is 0 Å². The van der Waals surface area contributed by atoms with Gasteiger partial charge in [0.2, 0.25) is 0 Å². The van der Waals surface area contributed by atoms with Crippen LogP contribution in [0.5, 0.6) is 5.75 Å². The molecule has 0 aliphatic heterocycles. The van der Waals surface area contributed by atoms with Gasteiger partial charge >= 0.3 is 5.97 Å². The fraction of sp³-hybridized carbons (Fsp3) is 0.231. The molecule has 0 bridgehead atoms. The van der Waals surface area contributed by atoms with Crippen LogP contribution in [0.1, 0.15) is 24.3 Å². The van der Waals surface area contributed by atoms with Crippen molar-refractivity contribution in [1.82, 2.24) is 4.98 Å². The van der Waals surface area contributed by atoms with Crippen molar-refractivity contribution in [1.29, 1.82) is 0 Å². The number of carboxylic acids is 1. The first-order valence-corrected chi connectivity index (χ1v) is 6.39. The van der Waals surface area contributed by atoms with Crippen LogP contribution in [0, 0.1) is 0 Å². The van der Waals surface area contributed by atoms with Crippen molar-refractivity contribution in [2.24, 2.45) is 0 Å². The molecule has 0 radical (unpaired) electrons. The van der Waals surface area contributed by atoms with E-state index >= 15 is 0 Å². The van der Waals surface area contributed by atoms with E-state index in [0.717, 1.165) is 11.3 Å². The van der Waals surface area contributed by atoms with Crippen LogP contribution in [0.15, 0.2) is 29.8 Å². The smallest absolute Gasteiger partial charge is 0.356 e. The maximum Gasteiger partial charge on any atom is 0.356 e. The van der Waals surface area contributed by atoms with Crippen LogP contribution in [-0.4, -0.2) is 22.2 Å². The van der Waals surface area contributed by atoms with Crippen LogP contribution < -0.4 is 4.74 Å². The number of thiazole rings is 1. The third kappa shape index (κ3) is 2.68. The first kappa shape index (κ1) is 12.6. The minimum atomic E-state index is -1.01. The normalized spacial score (nSPS) is 10.6. The highest BCUT2D eigenvalue weighted by molar-refractivity contribution is 7.13. The molecule has 0 amide bonds. The molecule has 0 aliphatic carbocycles. The molecule has 0 unspecified atom stereocenters. The van der Waals surface area contributed by atoms with Crippen molar-refractivity contribution < 1.29 is 14.6 Å². The van der Waals surface area contributed by atoms with E-state index in [1.165, 1.54) is 16.8 Å². The molecule has 94 valence electrons. The first-order valence-electron chi connectivity index (χ1n) is 5.52. The van der Waals surface area contributed by atoms with Crippen molar-refractivity contribution >= 4 is 17.3 Å². The summed E-state index contributed by atoms with van der Waals surface area (Å²) in [6.07, 6.45) is 0.0839. The minimum Gasteiger partial charge on any atom is -0.491 e. The predicted octanol–water partition coefficient (Wildman–Crippen LogP) is 3.30. The van der Waals surface area contributed by atoms with E-state index in [1.807, 2.05) is 38.1 Å². The molecule has 2 rings (SSSR count). The van der Waals surface area contributed by atoms with Gasteiger partial charge in [0.15, 0.2) is 5.69 Å². The second-order valence-corrected chi connectivity index (χ2v) is 4.88. The Kier molecular flexibility index (Phi) is 3.62. The summed E-state index contributed by atoms with van der Waals surface area (Å²) in [5, 5.41) is 9.04. The number of rotatable bonds is 4. The second-order valence-electron chi connectivity index (χ2n) is 4.03. The standard InChI is InChI=1S/C13H13NO3S/c1-8(2)17-10-5-3-4-9(6-10)12-11(13(15)16)14-7-18-12/h3-8H,1-2H3,(H,15,16). The van der Waals surface area contributed by atoms with E-state index in [2.05, 4.69) is 4.98 Å². The summed E-state index contributed by atoms with van der Waals surface area (Å²) in [4.78, 5) is 15.5. The lowest BCUT2D eigenvalue weighted by atomic mass is 10.1. The van der Waals surface area contributed by atoms with Gasteiger partial charge in [-0.05, 0) is 31.5 Å². The molecule has 1 N–H and O–H groups in total. The summed E-state index contributed by atoms with van der Waals surface area (Å²) >= 11 is 1.31. The van der Waals surface area contributed by atoms with E-state index in [4.69, 9.17) is 9.84 Å². The van der Waals surface area contributed by atoms with Gasteiger partial charge < -0.3 is 9.84 Å². The van der Waals surface area contributed by atoms with Crippen molar-refractivity contribution in [3.63, 3.8) is 0 Å². The first-order chi connectivity index (χ1) is 8.58. The molecular weight excluding hydrogens is 250 g/mol. The number of nitrogens with zero attached hydrogens (tertiary/aromatic N) is 1. The lowest BCUT2D eigenvalue weighted by molar-refractivity contribution is 0.0692. The minimum absolute atomic E-state index is 0.0839. The summed E-state index contributed by atoms with van der Waals surface area (Å²) in [5.41, 5.74) is 2.43. The van der Waals surface area contributed by atoms with Gasteiger partial charge in [-0.15, -0.1) is 11.3 Å². The highest BCUT2D eigenvalue weighted by Crippen LogP contribution is 2.30. The molecule has 18 heavy (non-hydrogen) atoms. The SMILES string of the molecule is CC(C)Oc1cccc(-c2scnc2C(=O)O)c1. The molecule has 1 aromatic carbocycles. The lowest BCUT2D eigenvalue weighted by Crippen LogP contribution is -2.05. The molecule has 0 fully saturated rings. The summed E-state index contributed by atoms with van der Waals surface area (Å²) in [6.45, 7) is 3.89. The zero-order valence-corrected chi connectivity index (χ0v) is 10.9. The number of aromatic carboxylic acids is 1. The molecule has 2 aromatic rings. The maximum atomic E-state index is 11.0. The third-order valence-corrected chi connectivity index (χ3v) is 3.11. The van der Waals surface area contributed by atoms with Gasteiger partial charge in [0.25, 0.3) is 0 Å². The monoisotopic (exact) mass is 263 g/mol. The third-order valence-electron chi connectivity index (χ3n) is 2.24. The number of ether oxygens (including phenoxy) is 1. The number of hydrogen-bond acceptors (Lipinski definition) is 4. The van der Waals surface area contributed by atoms with E-state index in [9.17, 15) is 4.79 Å². The van der Waals surface area contributed by atoms with Crippen LogP contribution in [-0.2, 0) is 0 Å². The van der Waals surface area contributed by atoms with Gasteiger partial charge in [0.1, 0.15) is 5.75 Å². The maximum absolute atomic E-state index is 11.0. The van der Waals surface area contributed by atoms with Crippen LogP contribution in [0.3, 0.4) is 0 Å². The van der Waals surface area contributed by atoms with E-state index in [-0.39, 0.29) is 11.8 Å². The molecule has 1 aromatic heterocycles. The van der Waals surface area contributed by atoms with E-state index < -0.39 is 5.97 Å². The average Bonchev–Trinajstić information content (AvgIpc) is 2.77. The van der Waals surface area contributed by atoms with Crippen molar-refractivity contribution in [3.05, 3.63) is 35.5 Å². The predicted molar refractivity (Wildman–Crippen MR) is 70.3 cm³/mol. The van der Waals surface area contributed by atoms with Crippen molar-refractivity contribution in [3.8, 4) is 16.2 Å². The van der Waals surface area contributed by atoms with Gasteiger partial charge in [-0.25, -0.2) is 9.78 Å². The molecule has 1 heterocycles. The quantitative estimate of drug-likeness (QED) is 0.919. The Bertz CT molecular complexity index is 563. The average molecular weight is 263 g/mol. The number of hydrogen-bond donors (Lipinski definition) is 1. The fourth-order valence-electron chi connectivity index (χ4n) is 1.59. The summed E-state index contributed by atoms with van der Waals surface area (Å²) < 4.78 is 5.59. The Morgan fingerprint density at radius 1 is 1.44 bits per heavy atom. The van der Waals surface area contributed by atoms with Gasteiger partial charge in [-0.1, -0.05) is 12.1 Å². The van der Waals surface area contributed by atoms with E-state index in [0.29, 0.717) is 4.88 Å². The van der Waals surface area contributed by atoms with Crippen LogP contribution in [0.4, 0.5) is 0 Å². The van der Waals surface area contributed by atoms with Gasteiger partial charge in [-0.2, -0.15) is 0 Å².